The maximum atomic E-state index is 14.5. The van der Waals surface area contributed by atoms with Crippen molar-refractivity contribution in [1.82, 2.24) is 45.8 Å². The van der Waals surface area contributed by atoms with Crippen LogP contribution < -0.4 is 32.5 Å². The van der Waals surface area contributed by atoms with Gasteiger partial charge in [-0.05, 0) is 76.4 Å². The molecule has 0 radical (unpaired) electrons. The van der Waals surface area contributed by atoms with Crippen molar-refractivity contribution in [3.8, 4) is 11.4 Å². The lowest BCUT2D eigenvalue weighted by atomic mass is 10.0. The average molecular weight is 656 g/mol. The number of hydrogen-bond donors (Lipinski definition) is 5. The number of nitrogen functional groups attached to an aromatic ring is 1. The van der Waals surface area contributed by atoms with Crippen LogP contribution in [0.25, 0.3) is 17.2 Å². The van der Waals surface area contributed by atoms with Crippen molar-refractivity contribution in [3.63, 3.8) is 0 Å². The zero-order valence-corrected chi connectivity index (χ0v) is 24.9. The summed E-state index contributed by atoms with van der Waals surface area (Å²) in [5.74, 6) is -1.35. The summed E-state index contributed by atoms with van der Waals surface area (Å²) in [6, 6.07) is 10.9. The molecular weight excluding hydrogens is 633 g/mol. The largest absolute Gasteiger partial charge is 0.394 e. The third-order valence-corrected chi connectivity index (χ3v) is 8.14. The lowest BCUT2D eigenvalue weighted by molar-refractivity contribution is 0.0931. The van der Waals surface area contributed by atoms with Gasteiger partial charge in [0.15, 0.2) is 0 Å². The molecule has 0 aliphatic heterocycles. The zero-order chi connectivity index (χ0) is 32.8. The molecule has 0 saturated carbocycles. The molecule has 0 spiro atoms. The molecule has 16 nitrogen and oxygen atoms in total. The van der Waals surface area contributed by atoms with Gasteiger partial charge in [-0.1, -0.05) is 18.2 Å². The molecule has 6 N–H and O–H groups in total. The number of carbonyl (C=O) groups excluding carboxylic acids is 2. The third kappa shape index (κ3) is 5.39. The fraction of sp³-hybridized carbons (Fsp3) is 0.172. The Hall–Kier alpha value is -6.17. The summed E-state index contributed by atoms with van der Waals surface area (Å²) in [5, 5.41) is 26.2. The van der Waals surface area contributed by atoms with Crippen LogP contribution in [0.4, 0.5) is 15.8 Å². The Morgan fingerprint density at radius 1 is 1.11 bits per heavy atom. The molecule has 1 aliphatic carbocycles. The summed E-state index contributed by atoms with van der Waals surface area (Å²) in [6.45, 7) is -0.156. The first-order chi connectivity index (χ1) is 22.7. The quantitative estimate of drug-likeness (QED) is 0.110. The Morgan fingerprint density at radius 3 is 2.74 bits per heavy atom. The summed E-state index contributed by atoms with van der Waals surface area (Å²) in [4.78, 5) is 53.9. The Bertz CT molecular complexity index is 2340. The number of nitrogens with one attached hydrogen (secondary N) is 4. The van der Waals surface area contributed by atoms with E-state index >= 15 is 0 Å². The Kier molecular flexibility index (Phi) is 7.31. The lowest BCUT2D eigenvalue weighted by Crippen LogP contribution is -2.37. The van der Waals surface area contributed by atoms with E-state index in [0.717, 1.165) is 23.1 Å². The van der Waals surface area contributed by atoms with Crippen molar-refractivity contribution in [2.24, 2.45) is 0 Å². The second kappa shape index (κ2) is 11.6. The van der Waals surface area contributed by atoms with Crippen LogP contribution in [-0.4, -0.2) is 47.0 Å². The predicted molar refractivity (Wildman–Crippen MR) is 165 cm³/mol. The minimum Gasteiger partial charge on any atom is -0.394 e. The summed E-state index contributed by atoms with van der Waals surface area (Å²) >= 11 is 5.19. The number of nitrogens with zero attached hydrogens (tertiary/aromatic N) is 6. The number of hydrogen-bond acceptors (Lipinski definition) is 13. The van der Waals surface area contributed by atoms with Crippen LogP contribution >= 0.6 is 12.2 Å². The van der Waals surface area contributed by atoms with Gasteiger partial charge in [-0.3, -0.25) is 19.2 Å². The molecule has 3 aromatic heterocycles. The predicted octanol–water partition coefficient (Wildman–Crippen LogP) is 1.51. The van der Waals surface area contributed by atoms with Gasteiger partial charge in [0.05, 0.1) is 6.04 Å². The van der Waals surface area contributed by atoms with E-state index in [4.69, 9.17) is 22.5 Å². The highest BCUT2D eigenvalue weighted by atomic mass is 32.1. The number of aromatic amines is 1. The Morgan fingerprint density at radius 2 is 1.96 bits per heavy atom. The Labute approximate surface area is 266 Å². The molecule has 0 saturated heterocycles. The molecule has 1 atom stereocenters. The van der Waals surface area contributed by atoms with Crippen LogP contribution in [0, 0.1) is 10.7 Å². The molecular formula is C29H22FN11O5S. The second-order valence-electron chi connectivity index (χ2n) is 10.7. The number of aryl methyl sites for hydroxylation is 1. The first-order valence-electron chi connectivity index (χ1n) is 14.1. The first-order valence-corrected chi connectivity index (χ1v) is 14.5. The van der Waals surface area contributed by atoms with Crippen molar-refractivity contribution >= 4 is 41.2 Å². The number of rotatable bonds is 9. The molecule has 0 unspecified atom stereocenters. The van der Waals surface area contributed by atoms with E-state index in [-0.39, 0.29) is 58.1 Å². The maximum absolute atomic E-state index is 14.5. The van der Waals surface area contributed by atoms with Gasteiger partial charge in [0.25, 0.3) is 28.4 Å². The number of nitrogens with two attached hydrogens (primary N) is 1. The van der Waals surface area contributed by atoms with Gasteiger partial charge in [0.2, 0.25) is 5.82 Å². The van der Waals surface area contributed by atoms with Gasteiger partial charge >= 0.3 is 4.84 Å². The average Bonchev–Trinajstić information content (AvgIpc) is 3.85. The Balaban J connectivity index is 1.07. The molecule has 3 heterocycles. The normalized spacial score (nSPS) is 13.9. The number of carbonyl (C=O) groups is 2. The molecule has 3 aromatic carbocycles. The molecule has 6 aromatic rings. The van der Waals surface area contributed by atoms with E-state index in [9.17, 15) is 23.6 Å². The van der Waals surface area contributed by atoms with Gasteiger partial charge in [0.1, 0.15) is 28.6 Å². The van der Waals surface area contributed by atoms with E-state index in [0.29, 0.717) is 17.8 Å². The fourth-order valence-corrected chi connectivity index (χ4v) is 5.69. The van der Waals surface area contributed by atoms with Gasteiger partial charge in [-0.25, -0.2) is 13.8 Å². The fourth-order valence-electron chi connectivity index (χ4n) is 5.47. The number of tetrazole rings is 1. The van der Waals surface area contributed by atoms with Crippen molar-refractivity contribution in [2.45, 2.75) is 32.0 Å². The number of fused-ring (bicyclic) bond motifs is 2. The van der Waals surface area contributed by atoms with Crippen molar-refractivity contribution in [3.05, 3.63) is 107 Å². The number of H-pyrrole nitrogens is 1. The van der Waals surface area contributed by atoms with Gasteiger partial charge in [-0.15, -0.1) is 10.2 Å². The van der Waals surface area contributed by atoms with E-state index < -0.39 is 28.5 Å². The summed E-state index contributed by atoms with van der Waals surface area (Å²) < 4.78 is 20.7. The molecule has 236 valence electrons. The highest BCUT2D eigenvalue weighted by Crippen LogP contribution is 2.33. The topological polar surface area (TPSA) is 228 Å². The smallest absolute Gasteiger partial charge is 0.303 e. The SMILES string of the molecule is Nc1c(NCc2cc(CNC(=O)c3cc(C(=O)N[C@H]4CCc5cc(-c6nn[nH]n6)ccc54)nc4noc(=S)n34)ccc2F)c(=O)c1=O. The summed E-state index contributed by atoms with van der Waals surface area (Å²) in [5.41, 5.74) is 7.05. The first kappa shape index (κ1) is 29.5. The molecule has 18 heteroatoms. The highest BCUT2D eigenvalue weighted by Gasteiger charge is 2.27. The monoisotopic (exact) mass is 655 g/mol. The van der Waals surface area contributed by atoms with Crippen LogP contribution in [0.1, 0.15) is 55.7 Å². The number of benzene rings is 2. The van der Waals surface area contributed by atoms with Gasteiger partial charge in [-0.2, -0.15) is 5.21 Å². The van der Waals surface area contributed by atoms with Crippen LogP contribution in [0.3, 0.4) is 0 Å². The van der Waals surface area contributed by atoms with E-state index in [1.54, 1.807) is 0 Å². The lowest BCUT2D eigenvalue weighted by Gasteiger charge is -2.15. The maximum Gasteiger partial charge on any atom is 0.303 e. The summed E-state index contributed by atoms with van der Waals surface area (Å²) in [6.07, 6.45) is 1.37. The highest BCUT2D eigenvalue weighted by molar-refractivity contribution is 7.71. The number of amides is 2. The second-order valence-corrected chi connectivity index (χ2v) is 11.1. The molecule has 0 fully saturated rings. The van der Waals surface area contributed by atoms with E-state index in [1.165, 1.54) is 28.7 Å². The van der Waals surface area contributed by atoms with Crippen LogP contribution in [-0.2, 0) is 19.5 Å². The molecule has 0 bridgehead atoms. The van der Waals surface area contributed by atoms with Crippen LogP contribution in [0.15, 0.2) is 56.6 Å². The van der Waals surface area contributed by atoms with Crippen LogP contribution in [0.5, 0.6) is 0 Å². The summed E-state index contributed by atoms with van der Waals surface area (Å²) in [7, 11) is 0. The number of aromatic nitrogens is 7. The number of halogens is 1. The van der Waals surface area contributed by atoms with Crippen molar-refractivity contribution in [1.29, 1.82) is 0 Å². The van der Waals surface area contributed by atoms with Gasteiger partial charge < -0.3 is 26.2 Å². The molecule has 1 aliphatic rings. The minimum atomic E-state index is -0.789. The van der Waals surface area contributed by atoms with Crippen LogP contribution in [0.2, 0.25) is 0 Å². The van der Waals surface area contributed by atoms with E-state index in [2.05, 4.69) is 46.7 Å². The molecule has 47 heavy (non-hydrogen) atoms. The van der Waals surface area contributed by atoms with Gasteiger partial charge in [0, 0.05) is 24.2 Å². The third-order valence-electron chi connectivity index (χ3n) is 7.88. The van der Waals surface area contributed by atoms with E-state index in [1.807, 2.05) is 18.2 Å². The standard InChI is InChI=1S/C29H22FN11O5S/c30-17-5-1-12(7-15(17)11-32-22-21(31)23(42)24(22)43)10-33-27(45)20-9-19(35-28-38-46-29(47)41(20)28)26(44)34-18-6-3-13-8-14(2-4-16(13)18)25-36-39-40-37-25/h1-2,4-5,7-9,18,32H,3,6,10-11,31H2,(H,33,45)(H,34,44)(H,36,37,39,40)/t18-/m0/s1. The molecule has 7 rings (SSSR count). The van der Waals surface area contributed by atoms with Crippen molar-refractivity contribution < 1.29 is 18.5 Å². The number of anilines is 2. The zero-order valence-electron chi connectivity index (χ0n) is 24.0. The molecule has 2 amide bonds. The minimum absolute atomic E-state index is 0.0387. The van der Waals surface area contributed by atoms with Crippen molar-refractivity contribution in [2.75, 3.05) is 11.1 Å².